The fourth-order valence-corrected chi connectivity index (χ4v) is 4.21. The van der Waals surface area contributed by atoms with E-state index in [0.717, 1.165) is 68.8 Å². The third kappa shape index (κ3) is 6.50. The highest BCUT2D eigenvalue weighted by Gasteiger charge is 2.22. The topological polar surface area (TPSA) is 97.4 Å². The minimum atomic E-state index is -0.809. The first-order chi connectivity index (χ1) is 17.1. The summed E-state index contributed by atoms with van der Waals surface area (Å²) in [6, 6.07) is 2.29. The number of aliphatic hydroxyl groups excluding tert-OH is 1. The molecule has 0 amide bonds. The fraction of sp³-hybridized carbons (Fsp3) is 0.520. The van der Waals surface area contributed by atoms with Gasteiger partial charge in [-0.2, -0.15) is 4.98 Å². The second-order valence-corrected chi connectivity index (χ2v) is 8.77. The molecular weight excluding hydrogens is 456 g/mol. The van der Waals surface area contributed by atoms with Crippen molar-refractivity contribution in [1.29, 1.82) is 0 Å². The largest absolute Gasteiger partial charge is 0.493 e. The molecule has 3 aromatic rings. The average Bonchev–Trinajstić information content (AvgIpc) is 3.34. The summed E-state index contributed by atoms with van der Waals surface area (Å²) >= 11 is 0. The Kier molecular flexibility index (Phi) is 8.57. The van der Waals surface area contributed by atoms with Crippen molar-refractivity contribution >= 4 is 5.95 Å². The molecule has 1 aliphatic heterocycles. The van der Waals surface area contributed by atoms with Gasteiger partial charge in [0.2, 0.25) is 17.7 Å². The van der Waals surface area contributed by atoms with Crippen LogP contribution in [0.15, 0.2) is 29.0 Å². The monoisotopic (exact) mass is 487 g/mol. The first-order valence-corrected chi connectivity index (χ1v) is 12.2. The molecule has 1 aromatic carbocycles. The van der Waals surface area contributed by atoms with Crippen molar-refractivity contribution in [3.05, 3.63) is 47.6 Å². The molecule has 4 rings (SSSR count). The summed E-state index contributed by atoms with van der Waals surface area (Å²) in [5, 5.41) is 12.5. The van der Waals surface area contributed by atoms with E-state index < -0.39 is 11.6 Å². The molecule has 0 saturated carbocycles. The van der Waals surface area contributed by atoms with Crippen LogP contribution in [0, 0.1) is 17.6 Å². The zero-order valence-corrected chi connectivity index (χ0v) is 19.9. The van der Waals surface area contributed by atoms with E-state index in [1.54, 1.807) is 0 Å². The van der Waals surface area contributed by atoms with Gasteiger partial charge in [-0.05, 0) is 50.0 Å². The summed E-state index contributed by atoms with van der Waals surface area (Å²) in [5.74, 6) is -0.0431. The molecule has 1 aliphatic rings. The maximum atomic E-state index is 14.6. The standard InChI is InChI=1S/C25H31F2N5O3/c1-2-17-15-28-25(29-16-17)32-9-7-18(8-10-32)5-4-12-34-19-13-20(26)23(21(27)14-19)24-30-22(35-31-24)6-3-11-33/h13-16,18,33H,2-12H2,1H3. The van der Waals surface area contributed by atoms with Crippen molar-refractivity contribution in [1.82, 2.24) is 20.1 Å². The number of hydrogen-bond donors (Lipinski definition) is 1. The van der Waals surface area contributed by atoms with Gasteiger partial charge in [-0.1, -0.05) is 12.1 Å². The van der Waals surface area contributed by atoms with Crippen LogP contribution in [-0.2, 0) is 12.8 Å². The van der Waals surface area contributed by atoms with Crippen LogP contribution in [0.1, 0.15) is 50.5 Å². The minimum Gasteiger partial charge on any atom is -0.493 e. The Labute approximate surface area is 203 Å². The molecular formula is C25H31F2N5O3. The average molecular weight is 488 g/mol. The highest BCUT2D eigenvalue weighted by molar-refractivity contribution is 5.58. The summed E-state index contributed by atoms with van der Waals surface area (Å²) in [5.41, 5.74) is 0.785. The quantitative estimate of drug-likeness (QED) is 0.398. The van der Waals surface area contributed by atoms with Crippen molar-refractivity contribution in [3.63, 3.8) is 0 Å². The summed E-state index contributed by atoms with van der Waals surface area (Å²) in [7, 11) is 0. The molecule has 2 aromatic heterocycles. The van der Waals surface area contributed by atoms with Gasteiger partial charge in [-0.25, -0.2) is 18.7 Å². The maximum absolute atomic E-state index is 14.6. The zero-order valence-electron chi connectivity index (χ0n) is 19.9. The lowest BCUT2D eigenvalue weighted by Gasteiger charge is -2.32. The van der Waals surface area contributed by atoms with Gasteiger partial charge in [-0.15, -0.1) is 0 Å². The Morgan fingerprint density at radius 3 is 2.49 bits per heavy atom. The molecule has 3 heterocycles. The zero-order chi connectivity index (χ0) is 24.6. The number of anilines is 1. The minimum absolute atomic E-state index is 0.0336. The van der Waals surface area contributed by atoms with Crippen LogP contribution in [0.4, 0.5) is 14.7 Å². The van der Waals surface area contributed by atoms with Crippen LogP contribution in [-0.4, -0.2) is 51.5 Å². The van der Waals surface area contributed by atoms with Crippen LogP contribution in [0.25, 0.3) is 11.4 Å². The highest BCUT2D eigenvalue weighted by atomic mass is 19.1. The fourth-order valence-electron chi connectivity index (χ4n) is 4.21. The van der Waals surface area contributed by atoms with Gasteiger partial charge in [0, 0.05) is 50.6 Å². The predicted molar refractivity (Wildman–Crippen MR) is 126 cm³/mol. The number of nitrogens with zero attached hydrogens (tertiary/aromatic N) is 5. The number of piperidine rings is 1. The van der Waals surface area contributed by atoms with Gasteiger partial charge in [0.05, 0.1) is 12.2 Å². The van der Waals surface area contributed by atoms with Gasteiger partial charge in [0.25, 0.3) is 0 Å². The van der Waals surface area contributed by atoms with E-state index in [4.69, 9.17) is 14.4 Å². The summed E-state index contributed by atoms with van der Waals surface area (Å²) in [4.78, 5) is 15.2. The number of ether oxygens (including phenoxy) is 1. The van der Waals surface area contributed by atoms with Crippen LogP contribution < -0.4 is 9.64 Å². The first kappa shape index (κ1) is 25.0. The van der Waals surface area contributed by atoms with E-state index >= 15 is 0 Å². The van der Waals surface area contributed by atoms with Crippen molar-refractivity contribution in [2.75, 3.05) is 31.2 Å². The van der Waals surface area contributed by atoms with E-state index in [-0.39, 0.29) is 29.6 Å². The SMILES string of the molecule is CCc1cnc(N2CCC(CCCOc3cc(F)c(-c4noc(CCCO)n4)c(F)c3)CC2)nc1. The molecule has 188 valence electrons. The molecule has 10 heteroatoms. The number of benzene rings is 1. The van der Waals surface area contributed by atoms with Gasteiger partial charge in [0.15, 0.2) is 0 Å². The Morgan fingerprint density at radius 2 is 1.83 bits per heavy atom. The molecule has 0 unspecified atom stereocenters. The Hall–Kier alpha value is -3.14. The number of halogens is 2. The predicted octanol–water partition coefficient (Wildman–Crippen LogP) is 4.37. The second kappa shape index (κ2) is 12.0. The number of aryl methyl sites for hydroxylation is 2. The van der Waals surface area contributed by atoms with E-state index in [1.165, 1.54) is 0 Å². The number of rotatable bonds is 11. The lowest BCUT2D eigenvalue weighted by atomic mass is 9.92. The van der Waals surface area contributed by atoms with Crippen LogP contribution in [0.5, 0.6) is 5.75 Å². The van der Waals surface area contributed by atoms with Crippen molar-refractivity contribution < 1.29 is 23.1 Å². The Balaban J connectivity index is 1.22. The Bertz CT molecular complexity index is 1060. The van der Waals surface area contributed by atoms with E-state index in [2.05, 4.69) is 31.9 Å². The molecule has 35 heavy (non-hydrogen) atoms. The van der Waals surface area contributed by atoms with Crippen molar-refractivity contribution in [2.24, 2.45) is 5.92 Å². The molecule has 0 bridgehead atoms. The third-order valence-electron chi connectivity index (χ3n) is 6.28. The number of hydrogen-bond acceptors (Lipinski definition) is 8. The van der Waals surface area contributed by atoms with Gasteiger partial charge >= 0.3 is 0 Å². The molecule has 1 N–H and O–H groups in total. The Morgan fingerprint density at radius 1 is 1.11 bits per heavy atom. The van der Waals surface area contributed by atoms with Crippen molar-refractivity contribution in [2.45, 2.75) is 51.9 Å². The molecule has 0 aliphatic carbocycles. The normalized spacial score (nSPS) is 14.5. The van der Waals surface area contributed by atoms with Gasteiger partial charge in [-0.3, -0.25) is 0 Å². The van der Waals surface area contributed by atoms with E-state index in [9.17, 15) is 8.78 Å². The lowest BCUT2D eigenvalue weighted by molar-refractivity contribution is 0.277. The number of aliphatic hydroxyl groups is 1. The van der Waals surface area contributed by atoms with Crippen LogP contribution in [0.3, 0.4) is 0 Å². The van der Waals surface area contributed by atoms with Crippen LogP contribution >= 0.6 is 0 Å². The summed E-state index contributed by atoms with van der Waals surface area (Å²) in [6.45, 7) is 4.28. The van der Waals surface area contributed by atoms with Gasteiger partial charge in [0.1, 0.15) is 17.4 Å². The van der Waals surface area contributed by atoms with Crippen LogP contribution in [0.2, 0.25) is 0 Å². The third-order valence-corrected chi connectivity index (χ3v) is 6.28. The maximum Gasteiger partial charge on any atom is 0.227 e. The summed E-state index contributed by atoms with van der Waals surface area (Å²) in [6.07, 6.45) is 9.39. The molecule has 0 atom stereocenters. The molecule has 0 spiro atoms. The highest BCUT2D eigenvalue weighted by Crippen LogP contribution is 2.29. The summed E-state index contributed by atoms with van der Waals surface area (Å²) < 4.78 is 39.8. The number of aromatic nitrogens is 4. The van der Waals surface area contributed by atoms with Crippen molar-refractivity contribution in [3.8, 4) is 17.1 Å². The molecule has 8 nitrogen and oxygen atoms in total. The first-order valence-electron chi connectivity index (χ1n) is 12.2. The molecule has 1 fully saturated rings. The molecule has 0 radical (unpaired) electrons. The second-order valence-electron chi connectivity index (χ2n) is 8.77. The smallest absolute Gasteiger partial charge is 0.227 e. The molecule has 1 saturated heterocycles. The van der Waals surface area contributed by atoms with E-state index in [1.807, 2.05) is 12.4 Å². The van der Waals surface area contributed by atoms with Gasteiger partial charge < -0.3 is 19.3 Å². The van der Waals surface area contributed by atoms with E-state index in [0.29, 0.717) is 25.4 Å². The lowest BCUT2D eigenvalue weighted by Crippen LogP contribution is -2.35.